The smallest absolute Gasteiger partial charge is 0.317 e. The maximum atomic E-state index is 11.6. The van der Waals surface area contributed by atoms with E-state index in [-0.39, 0.29) is 11.6 Å². The molecule has 1 fully saturated rings. The predicted octanol–water partition coefficient (Wildman–Crippen LogP) is 1.98. The van der Waals surface area contributed by atoms with Gasteiger partial charge in [-0.2, -0.15) is 0 Å². The van der Waals surface area contributed by atoms with Crippen molar-refractivity contribution >= 4 is 6.03 Å². The second-order valence-electron chi connectivity index (χ2n) is 4.02. The highest BCUT2D eigenvalue weighted by atomic mass is 16.2. The number of carbonyl (C=O) groups is 1. The number of nitrogens with zero attached hydrogens (tertiary/aromatic N) is 1. The van der Waals surface area contributed by atoms with Crippen LogP contribution >= 0.6 is 0 Å². The van der Waals surface area contributed by atoms with Gasteiger partial charge in [-0.3, -0.25) is 0 Å². The SMILES string of the molecule is CCN(CC)C(=O)NC1(C)CCC1. The van der Waals surface area contributed by atoms with Crippen LogP contribution in [0, 0.1) is 0 Å². The van der Waals surface area contributed by atoms with Crippen molar-refractivity contribution < 1.29 is 4.79 Å². The number of nitrogens with one attached hydrogen (secondary N) is 1. The van der Waals surface area contributed by atoms with Crippen LogP contribution in [0.5, 0.6) is 0 Å². The first-order valence-corrected chi connectivity index (χ1v) is 5.18. The third kappa shape index (κ3) is 2.36. The molecule has 1 aliphatic carbocycles. The first kappa shape index (κ1) is 10.4. The Labute approximate surface area is 80.5 Å². The number of rotatable bonds is 3. The van der Waals surface area contributed by atoms with Gasteiger partial charge in [-0.25, -0.2) is 4.79 Å². The summed E-state index contributed by atoms with van der Waals surface area (Å²) >= 11 is 0. The first-order chi connectivity index (χ1) is 6.11. The molecule has 2 amide bonds. The largest absolute Gasteiger partial charge is 0.333 e. The minimum absolute atomic E-state index is 0.0830. The molecule has 13 heavy (non-hydrogen) atoms. The fraction of sp³-hybridized carbons (Fsp3) is 0.900. The van der Waals surface area contributed by atoms with Crippen molar-refractivity contribution in [1.82, 2.24) is 10.2 Å². The van der Waals surface area contributed by atoms with Crippen LogP contribution in [0.2, 0.25) is 0 Å². The molecule has 0 heterocycles. The highest BCUT2D eigenvalue weighted by Gasteiger charge is 2.33. The lowest BCUT2D eigenvalue weighted by Gasteiger charge is -2.40. The van der Waals surface area contributed by atoms with Crippen LogP contribution in [0.1, 0.15) is 40.0 Å². The number of amides is 2. The minimum Gasteiger partial charge on any atom is -0.333 e. The van der Waals surface area contributed by atoms with Crippen LogP contribution in [-0.2, 0) is 0 Å². The molecule has 76 valence electrons. The van der Waals surface area contributed by atoms with E-state index in [2.05, 4.69) is 12.2 Å². The summed E-state index contributed by atoms with van der Waals surface area (Å²) in [5.41, 5.74) is 0.0830. The fourth-order valence-electron chi connectivity index (χ4n) is 1.68. The van der Waals surface area contributed by atoms with E-state index in [0.717, 1.165) is 25.9 Å². The normalized spacial score (nSPS) is 19.0. The Morgan fingerprint density at radius 3 is 2.23 bits per heavy atom. The lowest BCUT2D eigenvalue weighted by molar-refractivity contribution is 0.163. The molecule has 0 spiro atoms. The molecule has 1 rings (SSSR count). The van der Waals surface area contributed by atoms with E-state index in [1.165, 1.54) is 6.42 Å². The zero-order valence-corrected chi connectivity index (χ0v) is 8.89. The fourth-order valence-corrected chi connectivity index (χ4v) is 1.68. The van der Waals surface area contributed by atoms with Crippen molar-refractivity contribution in [2.75, 3.05) is 13.1 Å². The third-order valence-electron chi connectivity index (χ3n) is 2.92. The van der Waals surface area contributed by atoms with Gasteiger partial charge in [0.2, 0.25) is 0 Å². The Balaban J connectivity index is 2.39. The topological polar surface area (TPSA) is 32.3 Å². The van der Waals surface area contributed by atoms with Crippen LogP contribution in [-0.4, -0.2) is 29.6 Å². The van der Waals surface area contributed by atoms with Gasteiger partial charge in [0.1, 0.15) is 0 Å². The van der Waals surface area contributed by atoms with Gasteiger partial charge < -0.3 is 10.2 Å². The second-order valence-corrected chi connectivity index (χ2v) is 4.02. The van der Waals surface area contributed by atoms with Gasteiger partial charge in [0.15, 0.2) is 0 Å². The molecule has 0 aromatic heterocycles. The summed E-state index contributed by atoms with van der Waals surface area (Å²) in [6.07, 6.45) is 3.50. The minimum atomic E-state index is 0.0830. The van der Waals surface area contributed by atoms with Gasteiger partial charge in [0, 0.05) is 18.6 Å². The van der Waals surface area contributed by atoms with Crippen LogP contribution < -0.4 is 5.32 Å². The number of carbonyl (C=O) groups excluding carboxylic acids is 1. The molecule has 0 radical (unpaired) electrons. The Kier molecular flexibility index (Phi) is 3.17. The highest BCUT2D eigenvalue weighted by molar-refractivity contribution is 5.75. The molecular weight excluding hydrogens is 164 g/mol. The summed E-state index contributed by atoms with van der Waals surface area (Å²) < 4.78 is 0. The lowest BCUT2D eigenvalue weighted by Crippen LogP contribution is -2.55. The van der Waals surface area contributed by atoms with E-state index in [0.29, 0.717) is 0 Å². The molecule has 3 nitrogen and oxygen atoms in total. The Morgan fingerprint density at radius 2 is 1.92 bits per heavy atom. The van der Waals surface area contributed by atoms with Gasteiger partial charge >= 0.3 is 6.03 Å². The van der Waals surface area contributed by atoms with E-state index in [1.807, 2.05) is 18.7 Å². The van der Waals surface area contributed by atoms with Crippen molar-refractivity contribution in [3.8, 4) is 0 Å². The summed E-state index contributed by atoms with van der Waals surface area (Å²) in [7, 11) is 0. The maximum absolute atomic E-state index is 11.6. The molecule has 0 unspecified atom stereocenters. The number of hydrogen-bond donors (Lipinski definition) is 1. The molecular formula is C10H20N2O. The predicted molar refractivity (Wildman–Crippen MR) is 53.7 cm³/mol. The van der Waals surface area contributed by atoms with Crippen molar-refractivity contribution in [2.45, 2.75) is 45.6 Å². The summed E-state index contributed by atoms with van der Waals surface area (Å²) in [5.74, 6) is 0. The highest BCUT2D eigenvalue weighted by Crippen LogP contribution is 2.30. The van der Waals surface area contributed by atoms with Gasteiger partial charge in [-0.1, -0.05) is 0 Å². The maximum Gasteiger partial charge on any atom is 0.317 e. The molecule has 0 bridgehead atoms. The van der Waals surface area contributed by atoms with Crippen LogP contribution in [0.4, 0.5) is 4.79 Å². The van der Waals surface area contributed by atoms with Crippen molar-refractivity contribution in [3.63, 3.8) is 0 Å². The van der Waals surface area contributed by atoms with Gasteiger partial charge in [0.25, 0.3) is 0 Å². The Bertz CT molecular complexity index is 183. The van der Waals surface area contributed by atoms with Crippen LogP contribution in [0.25, 0.3) is 0 Å². The number of urea groups is 1. The lowest BCUT2D eigenvalue weighted by atomic mass is 9.79. The van der Waals surface area contributed by atoms with Gasteiger partial charge in [-0.05, 0) is 40.0 Å². The first-order valence-electron chi connectivity index (χ1n) is 5.18. The molecule has 1 aliphatic rings. The number of hydrogen-bond acceptors (Lipinski definition) is 1. The van der Waals surface area contributed by atoms with Gasteiger partial charge in [-0.15, -0.1) is 0 Å². The van der Waals surface area contributed by atoms with E-state index in [4.69, 9.17) is 0 Å². The monoisotopic (exact) mass is 184 g/mol. The van der Waals surface area contributed by atoms with E-state index < -0.39 is 0 Å². The van der Waals surface area contributed by atoms with E-state index >= 15 is 0 Å². The van der Waals surface area contributed by atoms with E-state index in [9.17, 15) is 4.79 Å². The molecule has 0 atom stereocenters. The molecule has 0 aromatic carbocycles. The van der Waals surface area contributed by atoms with Crippen LogP contribution in [0.15, 0.2) is 0 Å². The zero-order chi connectivity index (χ0) is 9.90. The third-order valence-corrected chi connectivity index (χ3v) is 2.92. The van der Waals surface area contributed by atoms with Crippen molar-refractivity contribution in [3.05, 3.63) is 0 Å². The second kappa shape index (κ2) is 3.99. The van der Waals surface area contributed by atoms with Gasteiger partial charge in [0.05, 0.1) is 0 Å². The molecule has 1 saturated carbocycles. The Morgan fingerprint density at radius 1 is 1.38 bits per heavy atom. The van der Waals surface area contributed by atoms with Crippen molar-refractivity contribution in [2.24, 2.45) is 0 Å². The average Bonchev–Trinajstić information content (AvgIpc) is 2.04. The Hall–Kier alpha value is -0.730. The molecule has 0 aliphatic heterocycles. The average molecular weight is 184 g/mol. The standard InChI is InChI=1S/C10H20N2O/c1-4-12(5-2)9(13)11-10(3)7-6-8-10/h4-8H2,1-3H3,(H,11,13). The summed E-state index contributed by atoms with van der Waals surface area (Å²) in [6.45, 7) is 7.72. The summed E-state index contributed by atoms with van der Waals surface area (Å²) in [5, 5.41) is 3.08. The van der Waals surface area contributed by atoms with E-state index in [1.54, 1.807) is 0 Å². The zero-order valence-electron chi connectivity index (χ0n) is 8.89. The van der Waals surface area contributed by atoms with Crippen molar-refractivity contribution in [1.29, 1.82) is 0 Å². The molecule has 1 N–H and O–H groups in total. The molecule has 0 saturated heterocycles. The summed E-state index contributed by atoms with van der Waals surface area (Å²) in [4.78, 5) is 13.5. The molecule has 3 heteroatoms. The molecule has 0 aromatic rings. The van der Waals surface area contributed by atoms with Crippen LogP contribution in [0.3, 0.4) is 0 Å². The summed E-state index contributed by atoms with van der Waals surface area (Å²) in [6, 6.07) is 0.0900. The quantitative estimate of drug-likeness (QED) is 0.714.